The van der Waals surface area contributed by atoms with Gasteiger partial charge in [-0.2, -0.15) is 13.2 Å². The normalized spacial score (nSPS) is 16.9. The minimum Gasteiger partial charge on any atom is -0.338 e. The van der Waals surface area contributed by atoms with Crippen molar-refractivity contribution < 1.29 is 32.3 Å². The molecule has 0 saturated carbocycles. The number of alkyl halides is 3. The van der Waals surface area contributed by atoms with Crippen molar-refractivity contribution in [3.8, 4) is 11.1 Å². The summed E-state index contributed by atoms with van der Waals surface area (Å²) in [5.41, 5.74) is 0.602. The molecule has 0 atom stereocenters. The molecule has 10 heteroatoms. The SMILES string of the molecule is O=C(CN1C(=O)CCC1=O)N1CCN(C(=O)c2ccccc2-c2ccc(C(F)(F)F)cc2)CC1. The molecule has 2 aliphatic heterocycles. The maximum atomic E-state index is 13.2. The van der Waals surface area contributed by atoms with Crippen molar-refractivity contribution in [2.75, 3.05) is 32.7 Å². The number of imide groups is 1. The summed E-state index contributed by atoms with van der Waals surface area (Å²) >= 11 is 0. The Bertz CT molecular complexity index is 1110. The lowest BCUT2D eigenvalue weighted by atomic mass is 9.97. The quantitative estimate of drug-likeness (QED) is 0.640. The van der Waals surface area contributed by atoms with Gasteiger partial charge in [0.1, 0.15) is 6.54 Å². The van der Waals surface area contributed by atoms with E-state index in [0.717, 1.165) is 17.0 Å². The summed E-state index contributed by atoms with van der Waals surface area (Å²) in [5.74, 6) is -1.34. The number of carbonyl (C=O) groups excluding carboxylic acids is 4. The van der Waals surface area contributed by atoms with Gasteiger partial charge in [-0.25, -0.2) is 0 Å². The van der Waals surface area contributed by atoms with Crippen LogP contribution in [0.1, 0.15) is 28.8 Å². The molecule has 0 radical (unpaired) electrons. The summed E-state index contributed by atoms with van der Waals surface area (Å²) in [4.78, 5) is 53.3. The molecule has 7 nitrogen and oxygen atoms in total. The summed E-state index contributed by atoms with van der Waals surface area (Å²) < 4.78 is 38.7. The van der Waals surface area contributed by atoms with Gasteiger partial charge < -0.3 is 9.80 Å². The molecule has 4 amide bonds. The first-order valence-corrected chi connectivity index (χ1v) is 10.8. The summed E-state index contributed by atoms with van der Waals surface area (Å²) in [6.07, 6.45) is -4.21. The maximum absolute atomic E-state index is 13.2. The highest BCUT2D eigenvalue weighted by molar-refractivity contribution is 6.04. The minimum atomic E-state index is -4.44. The minimum absolute atomic E-state index is 0.118. The van der Waals surface area contributed by atoms with Crippen LogP contribution in [0.5, 0.6) is 0 Å². The summed E-state index contributed by atoms with van der Waals surface area (Å²) in [5, 5.41) is 0. The van der Waals surface area contributed by atoms with Crippen LogP contribution in [0, 0.1) is 0 Å². The lowest BCUT2D eigenvalue weighted by Crippen LogP contribution is -2.53. The molecule has 2 aromatic rings. The lowest BCUT2D eigenvalue weighted by Gasteiger charge is -2.35. The molecule has 0 aliphatic carbocycles. The van der Waals surface area contributed by atoms with E-state index >= 15 is 0 Å². The van der Waals surface area contributed by atoms with Crippen LogP contribution in [-0.2, 0) is 20.6 Å². The number of nitrogens with zero attached hydrogens (tertiary/aromatic N) is 3. The van der Waals surface area contributed by atoms with Crippen molar-refractivity contribution >= 4 is 23.6 Å². The fraction of sp³-hybridized carbons (Fsp3) is 0.333. The van der Waals surface area contributed by atoms with Crippen LogP contribution in [0.15, 0.2) is 48.5 Å². The average Bonchev–Trinajstić information content (AvgIpc) is 3.15. The van der Waals surface area contributed by atoms with Gasteiger partial charge in [0.2, 0.25) is 17.7 Å². The first-order valence-electron chi connectivity index (χ1n) is 10.8. The highest BCUT2D eigenvalue weighted by atomic mass is 19.4. The van der Waals surface area contributed by atoms with E-state index in [0.29, 0.717) is 16.7 Å². The third-order valence-electron chi connectivity index (χ3n) is 6.05. The van der Waals surface area contributed by atoms with Crippen molar-refractivity contribution in [2.45, 2.75) is 19.0 Å². The van der Waals surface area contributed by atoms with Crippen molar-refractivity contribution in [1.82, 2.24) is 14.7 Å². The van der Waals surface area contributed by atoms with Crippen LogP contribution >= 0.6 is 0 Å². The van der Waals surface area contributed by atoms with Gasteiger partial charge in [-0.3, -0.25) is 24.1 Å². The van der Waals surface area contributed by atoms with Gasteiger partial charge in [-0.1, -0.05) is 30.3 Å². The Morgan fingerprint density at radius 2 is 1.35 bits per heavy atom. The van der Waals surface area contributed by atoms with Crippen molar-refractivity contribution in [3.05, 3.63) is 59.7 Å². The van der Waals surface area contributed by atoms with Gasteiger partial charge in [0.05, 0.1) is 5.56 Å². The molecule has 2 fully saturated rings. The zero-order chi connectivity index (χ0) is 24.5. The Morgan fingerprint density at radius 1 is 0.794 bits per heavy atom. The Hall–Kier alpha value is -3.69. The molecule has 0 N–H and O–H groups in total. The highest BCUT2D eigenvalue weighted by Crippen LogP contribution is 2.32. The van der Waals surface area contributed by atoms with E-state index in [-0.39, 0.29) is 69.2 Å². The van der Waals surface area contributed by atoms with E-state index < -0.39 is 11.7 Å². The Labute approximate surface area is 193 Å². The molecule has 2 aromatic carbocycles. The molecule has 0 aromatic heterocycles. The van der Waals surface area contributed by atoms with E-state index in [4.69, 9.17) is 0 Å². The van der Waals surface area contributed by atoms with E-state index in [1.54, 1.807) is 29.2 Å². The zero-order valence-electron chi connectivity index (χ0n) is 18.2. The number of hydrogen-bond donors (Lipinski definition) is 0. The van der Waals surface area contributed by atoms with Crippen molar-refractivity contribution in [3.63, 3.8) is 0 Å². The van der Waals surface area contributed by atoms with Crippen molar-refractivity contribution in [2.24, 2.45) is 0 Å². The molecule has 0 spiro atoms. The third kappa shape index (κ3) is 4.80. The van der Waals surface area contributed by atoms with Crippen LogP contribution in [0.2, 0.25) is 0 Å². The molecule has 2 saturated heterocycles. The average molecular weight is 473 g/mol. The molecule has 4 rings (SSSR count). The van der Waals surface area contributed by atoms with Gasteiger partial charge in [0, 0.05) is 44.6 Å². The summed E-state index contributed by atoms with van der Waals surface area (Å²) in [6.45, 7) is 0.733. The van der Waals surface area contributed by atoms with Crippen LogP contribution < -0.4 is 0 Å². The molecule has 178 valence electrons. The molecule has 0 bridgehead atoms. The van der Waals surface area contributed by atoms with E-state index in [1.807, 2.05) is 0 Å². The summed E-state index contributed by atoms with van der Waals surface area (Å²) in [7, 11) is 0. The van der Waals surface area contributed by atoms with Crippen LogP contribution in [0.3, 0.4) is 0 Å². The van der Waals surface area contributed by atoms with Crippen molar-refractivity contribution in [1.29, 1.82) is 0 Å². The first-order chi connectivity index (χ1) is 16.1. The Morgan fingerprint density at radius 3 is 1.94 bits per heavy atom. The first kappa shape index (κ1) is 23.5. The van der Waals surface area contributed by atoms with Gasteiger partial charge in [0.25, 0.3) is 5.91 Å². The van der Waals surface area contributed by atoms with Crippen LogP contribution in [-0.4, -0.2) is 71.1 Å². The fourth-order valence-corrected chi connectivity index (χ4v) is 4.12. The molecule has 2 heterocycles. The Kier molecular flexibility index (Phi) is 6.41. The monoisotopic (exact) mass is 473 g/mol. The number of carbonyl (C=O) groups is 4. The fourth-order valence-electron chi connectivity index (χ4n) is 4.12. The standard InChI is InChI=1S/C24H22F3N3O4/c25-24(26,27)17-7-5-16(6-8-17)18-3-1-2-4-19(18)23(34)29-13-11-28(12-14-29)22(33)15-30-20(31)9-10-21(30)32/h1-8H,9-15H2. The predicted octanol–water partition coefficient (Wildman–Crippen LogP) is 2.81. The molecular formula is C24H22F3N3O4. The number of halogens is 3. The molecular weight excluding hydrogens is 451 g/mol. The zero-order valence-corrected chi connectivity index (χ0v) is 18.2. The smallest absolute Gasteiger partial charge is 0.338 e. The van der Waals surface area contributed by atoms with E-state index in [9.17, 15) is 32.3 Å². The van der Waals surface area contributed by atoms with E-state index in [1.165, 1.54) is 17.0 Å². The van der Waals surface area contributed by atoms with Crippen LogP contribution in [0.25, 0.3) is 11.1 Å². The number of rotatable bonds is 4. The molecule has 34 heavy (non-hydrogen) atoms. The van der Waals surface area contributed by atoms with Gasteiger partial charge in [0.15, 0.2) is 0 Å². The third-order valence-corrected chi connectivity index (χ3v) is 6.05. The lowest BCUT2D eigenvalue weighted by molar-refractivity contribution is -0.146. The largest absolute Gasteiger partial charge is 0.416 e. The number of hydrogen-bond acceptors (Lipinski definition) is 4. The highest BCUT2D eigenvalue weighted by Gasteiger charge is 2.33. The molecule has 0 unspecified atom stereocenters. The van der Waals surface area contributed by atoms with Gasteiger partial charge in [-0.05, 0) is 29.3 Å². The Balaban J connectivity index is 1.42. The van der Waals surface area contributed by atoms with Crippen LogP contribution in [0.4, 0.5) is 13.2 Å². The van der Waals surface area contributed by atoms with Gasteiger partial charge >= 0.3 is 6.18 Å². The second-order valence-electron chi connectivity index (χ2n) is 8.17. The van der Waals surface area contributed by atoms with Gasteiger partial charge in [-0.15, -0.1) is 0 Å². The maximum Gasteiger partial charge on any atom is 0.416 e. The number of piperazine rings is 1. The second-order valence-corrected chi connectivity index (χ2v) is 8.17. The molecule has 2 aliphatic rings. The number of likely N-dealkylation sites (tertiary alicyclic amines) is 1. The number of benzene rings is 2. The number of amides is 4. The predicted molar refractivity (Wildman–Crippen MR) is 115 cm³/mol. The topological polar surface area (TPSA) is 78.0 Å². The van der Waals surface area contributed by atoms with E-state index in [2.05, 4.69) is 0 Å². The summed E-state index contributed by atoms with van der Waals surface area (Å²) in [6, 6.07) is 11.3. The second kappa shape index (κ2) is 9.28.